The number of aromatic amines is 1. The average molecular weight is 233 g/mol. The fourth-order valence-corrected chi connectivity index (χ4v) is 1.75. The third-order valence-corrected chi connectivity index (χ3v) is 2.48. The lowest BCUT2D eigenvalue weighted by molar-refractivity contribution is 0.418. The second-order valence-electron chi connectivity index (χ2n) is 4.05. The smallest absolute Gasteiger partial charge is 0.258 e. The molecule has 3 N–H and O–H groups in total. The molecule has 1 heterocycles. The van der Waals surface area contributed by atoms with Crippen molar-refractivity contribution in [1.29, 1.82) is 0 Å². The van der Waals surface area contributed by atoms with Crippen molar-refractivity contribution in [3.05, 3.63) is 34.4 Å². The summed E-state index contributed by atoms with van der Waals surface area (Å²) in [5.41, 5.74) is 6.11. The van der Waals surface area contributed by atoms with Gasteiger partial charge in [0.15, 0.2) is 0 Å². The minimum Gasteiger partial charge on any atom is -0.494 e. The maximum Gasteiger partial charge on any atom is 0.258 e. The van der Waals surface area contributed by atoms with Gasteiger partial charge in [-0.3, -0.25) is 4.79 Å². The number of fused-ring (bicyclic) bond motifs is 1. The van der Waals surface area contributed by atoms with E-state index >= 15 is 0 Å². The molecule has 5 nitrogen and oxygen atoms in total. The zero-order valence-electron chi connectivity index (χ0n) is 9.86. The molecule has 0 amide bonds. The Balaban J connectivity index is 2.66. The molecule has 0 aliphatic heterocycles. The van der Waals surface area contributed by atoms with Crippen LogP contribution in [0.4, 0.5) is 0 Å². The van der Waals surface area contributed by atoms with Crippen LogP contribution in [0, 0.1) is 0 Å². The van der Waals surface area contributed by atoms with Gasteiger partial charge in [0.1, 0.15) is 17.1 Å². The summed E-state index contributed by atoms with van der Waals surface area (Å²) >= 11 is 0. The Kier molecular flexibility index (Phi) is 3.10. The Hall–Kier alpha value is -1.88. The van der Waals surface area contributed by atoms with Gasteiger partial charge in [-0.05, 0) is 19.1 Å². The summed E-state index contributed by atoms with van der Waals surface area (Å²) in [6, 6.07) is 5.22. The van der Waals surface area contributed by atoms with Crippen molar-refractivity contribution in [2.45, 2.75) is 19.4 Å². The zero-order valence-corrected chi connectivity index (χ0v) is 9.86. The van der Waals surface area contributed by atoms with Gasteiger partial charge in [-0.15, -0.1) is 0 Å². The van der Waals surface area contributed by atoms with Crippen LogP contribution in [0.25, 0.3) is 10.9 Å². The van der Waals surface area contributed by atoms with Gasteiger partial charge in [0.05, 0.1) is 12.5 Å². The van der Waals surface area contributed by atoms with Crippen LogP contribution in [0.1, 0.15) is 12.7 Å². The van der Waals surface area contributed by atoms with Gasteiger partial charge in [-0.1, -0.05) is 6.07 Å². The minimum absolute atomic E-state index is 0.0506. The molecule has 17 heavy (non-hydrogen) atoms. The van der Waals surface area contributed by atoms with Crippen LogP contribution < -0.4 is 16.0 Å². The normalized spacial score (nSPS) is 12.6. The Labute approximate surface area is 98.6 Å². The molecule has 0 fully saturated rings. The Bertz CT molecular complexity index is 590. The van der Waals surface area contributed by atoms with E-state index in [1.165, 1.54) is 0 Å². The maximum atomic E-state index is 11.9. The highest BCUT2D eigenvalue weighted by atomic mass is 16.5. The zero-order chi connectivity index (χ0) is 12.4. The number of methoxy groups -OCH3 is 1. The van der Waals surface area contributed by atoms with E-state index in [2.05, 4.69) is 9.97 Å². The molecule has 2 aromatic rings. The fraction of sp³-hybridized carbons (Fsp3) is 0.333. The highest BCUT2D eigenvalue weighted by Gasteiger charge is 2.09. The van der Waals surface area contributed by atoms with Gasteiger partial charge in [0.2, 0.25) is 0 Å². The maximum absolute atomic E-state index is 11.9. The summed E-state index contributed by atoms with van der Waals surface area (Å²) in [6.07, 6.45) is 0.531. The van der Waals surface area contributed by atoms with E-state index in [-0.39, 0.29) is 11.6 Å². The largest absolute Gasteiger partial charge is 0.494 e. The van der Waals surface area contributed by atoms with Gasteiger partial charge in [0.25, 0.3) is 5.56 Å². The van der Waals surface area contributed by atoms with Crippen LogP contribution in [-0.2, 0) is 6.42 Å². The van der Waals surface area contributed by atoms with Crippen LogP contribution in [0.15, 0.2) is 23.0 Å². The first-order valence-corrected chi connectivity index (χ1v) is 5.43. The number of aromatic nitrogens is 2. The SMILES string of the molecule is COc1cccc2c(=O)[nH]c(CC(C)N)nc12. The Morgan fingerprint density at radius 2 is 2.29 bits per heavy atom. The van der Waals surface area contributed by atoms with Crippen molar-refractivity contribution in [3.8, 4) is 5.75 Å². The van der Waals surface area contributed by atoms with Crippen molar-refractivity contribution in [2.24, 2.45) is 5.73 Å². The molecule has 0 bridgehead atoms. The number of hydrogen-bond acceptors (Lipinski definition) is 4. The molecule has 0 saturated carbocycles. The molecule has 5 heteroatoms. The van der Waals surface area contributed by atoms with E-state index in [0.717, 1.165) is 0 Å². The lowest BCUT2D eigenvalue weighted by Gasteiger charge is -2.07. The Morgan fingerprint density at radius 3 is 2.94 bits per heavy atom. The molecule has 0 saturated heterocycles. The minimum atomic E-state index is -0.162. The van der Waals surface area contributed by atoms with Gasteiger partial charge < -0.3 is 15.5 Å². The van der Waals surface area contributed by atoms with Gasteiger partial charge in [-0.25, -0.2) is 4.98 Å². The van der Waals surface area contributed by atoms with Crippen LogP contribution in [0.3, 0.4) is 0 Å². The van der Waals surface area contributed by atoms with E-state index in [4.69, 9.17) is 10.5 Å². The lowest BCUT2D eigenvalue weighted by Crippen LogP contribution is -2.22. The molecule has 0 radical (unpaired) electrons. The molecular weight excluding hydrogens is 218 g/mol. The summed E-state index contributed by atoms with van der Waals surface area (Å²) in [5.74, 6) is 1.18. The molecule has 0 spiro atoms. The number of rotatable bonds is 3. The van der Waals surface area contributed by atoms with E-state index in [0.29, 0.717) is 28.9 Å². The number of hydrogen-bond donors (Lipinski definition) is 2. The molecule has 0 aliphatic carbocycles. The number of para-hydroxylation sites is 1. The van der Waals surface area contributed by atoms with E-state index in [1.54, 1.807) is 25.3 Å². The van der Waals surface area contributed by atoms with Gasteiger partial charge >= 0.3 is 0 Å². The first-order chi connectivity index (χ1) is 8.11. The number of H-pyrrole nitrogens is 1. The van der Waals surface area contributed by atoms with Crippen molar-refractivity contribution in [1.82, 2.24) is 9.97 Å². The summed E-state index contributed by atoms with van der Waals surface area (Å²) in [7, 11) is 1.56. The van der Waals surface area contributed by atoms with Crippen molar-refractivity contribution >= 4 is 10.9 Å². The van der Waals surface area contributed by atoms with Gasteiger partial charge in [0, 0.05) is 12.5 Å². The second kappa shape index (κ2) is 4.55. The number of benzene rings is 1. The number of nitrogens with two attached hydrogens (primary N) is 1. The summed E-state index contributed by atoms with van der Waals surface area (Å²) in [4.78, 5) is 19.0. The number of nitrogens with zero attached hydrogens (tertiary/aromatic N) is 1. The number of ether oxygens (including phenoxy) is 1. The first-order valence-electron chi connectivity index (χ1n) is 5.43. The summed E-state index contributed by atoms with van der Waals surface area (Å²) < 4.78 is 5.20. The van der Waals surface area contributed by atoms with Crippen LogP contribution >= 0.6 is 0 Å². The highest BCUT2D eigenvalue weighted by molar-refractivity contribution is 5.83. The standard InChI is InChI=1S/C12H15N3O2/c1-7(13)6-10-14-11-8(12(16)15-10)4-3-5-9(11)17-2/h3-5,7H,6,13H2,1-2H3,(H,14,15,16). The van der Waals surface area contributed by atoms with E-state index in [1.807, 2.05) is 6.92 Å². The molecule has 2 rings (SSSR count). The van der Waals surface area contributed by atoms with E-state index < -0.39 is 0 Å². The molecule has 0 aliphatic rings. The van der Waals surface area contributed by atoms with Crippen LogP contribution in [0.5, 0.6) is 5.75 Å². The summed E-state index contributed by atoms with van der Waals surface area (Å²) in [5, 5.41) is 0.526. The number of nitrogens with one attached hydrogen (secondary N) is 1. The quantitative estimate of drug-likeness (QED) is 0.822. The van der Waals surface area contributed by atoms with Gasteiger partial charge in [-0.2, -0.15) is 0 Å². The summed E-state index contributed by atoms with van der Waals surface area (Å²) in [6.45, 7) is 1.87. The van der Waals surface area contributed by atoms with Crippen molar-refractivity contribution in [3.63, 3.8) is 0 Å². The topological polar surface area (TPSA) is 81.0 Å². The third kappa shape index (κ3) is 2.29. The predicted octanol–water partition coefficient (Wildman–Crippen LogP) is 0.821. The molecule has 1 unspecified atom stereocenters. The monoisotopic (exact) mass is 233 g/mol. The first kappa shape index (κ1) is 11.6. The molecule has 1 atom stereocenters. The molecular formula is C12H15N3O2. The lowest BCUT2D eigenvalue weighted by atomic mass is 10.2. The van der Waals surface area contributed by atoms with Crippen LogP contribution in [-0.4, -0.2) is 23.1 Å². The average Bonchev–Trinajstić information content (AvgIpc) is 2.27. The predicted molar refractivity (Wildman–Crippen MR) is 66.3 cm³/mol. The third-order valence-electron chi connectivity index (χ3n) is 2.48. The van der Waals surface area contributed by atoms with Crippen LogP contribution in [0.2, 0.25) is 0 Å². The fourth-order valence-electron chi connectivity index (χ4n) is 1.75. The van der Waals surface area contributed by atoms with E-state index in [9.17, 15) is 4.79 Å². The molecule has 1 aromatic carbocycles. The van der Waals surface area contributed by atoms with Crippen molar-refractivity contribution in [2.75, 3.05) is 7.11 Å². The van der Waals surface area contributed by atoms with Crippen molar-refractivity contribution < 1.29 is 4.74 Å². The molecule has 1 aromatic heterocycles. The second-order valence-corrected chi connectivity index (χ2v) is 4.05. The Morgan fingerprint density at radius 1 is 1.53 bits per heavy atom. The highest BCUT2D eigenvalue weighted by Crippen LogP contribution is 2.20. The molecule has 90 valence electrons.